The predicted molar refractivity (Wildman–Crippen MR) is 137 cm³/mol. The monoisotopic (exact) mass is 463 g/mol. The SMILES string of the molecule is C\C=C/C=C(\C=C/C)C(O)c1nc2c3c(ccc2n1C1CCCCC1)N(C(=O)OC)C(C)CC3. The molecule has 6 nitrogen and oxygen atoms in total. The van der Waals surface area contributed by atoms with Gasteiger partial charge in [0.25, 0.3) is 0 Å². The Hall–Kier alpha value is -2.86. The van der Waals surface area contributed by atoms with Crippen LogP contribution in [0, 0.1) is 0 Å². The first-order valence-electron chi connectivity index (χ1n) is 12.6. The lowest BCUT2D eigenvalue weighted by Crippen LogP contribution is -2.42. The summed E-state index contributed by atoms with van der Waals surface area (Å²) in [5.41, 5.74) is 4.68. The number of anilines is 1. The molecule has 1 aliphatic carbocycles. The van der Waals surface area contributed by atoms with E-state index in [0.717, 1.165) is 53.5 Å². The molecule has 1 aromatic heterocycles. The molecule has 0 spiro atoms. The topological polar surface area (TPSA) is 67.6 Å². The van der Waals surface area contributed by atoms with Gasteiger partial charge in [-0.3, -0.25) is 4.90 Å². The first-order chi connectivity index (χ1) is 16.5. The van der Waals surface area contributed by atoms with Crippen LogP contribution in [0.5, 0.6) is 0 Å². The van der Waals surface area contributed by atoms with E-state index >= 15 is 0 Å². The van der Waals surface area contributed by atoms with Gasteiger partial charge in [0.15, 0.2) is 0 Å². The standard InChI is InChI=1S/C28H37N3O3/c1-5-7-12-20(11-6-2)26(32)27-29-25-22-16-15-19(3)30(28(33)34-4)23(22)17-18-24(25)31(27)21-13-9-8-10-14-21/h5-7,11-12,17-19,21,26,32H,8-10,13-16H2,1-4H3/b7-5-,11-6-,20-12+. The molecule has 1 N–H and O–H groups in total. The van der Waals surface area contributed by atoms with Crippen molar-refractivity contribution < 1.29 is 14.6 Å². The molecule has 2 aromatic rings. The zero-order valence-corrected chi connectivity index (χ0v) is 20.8. The number of fused-ring (bicyclic) bond motifs is 3. The summed E-state index contributed by atoms with van der Waals surface area (Å²) in [6.07, 6.45) is 16.1. The number of aliphatic hydroxyl groups excluding tert-OH is 1. The van der Waals surface area contributed by atoms with Gasteiger partial charge in [0.2, 0.25) is 0 Å². The lowest BCUT2D eigenvalue weighted by molar-refractivity contribution is 0.175. The van der Waals surface area contributed by atoms with E-state index in [0.29, 0.717) is 11.9 Å². The van der Waals surface area contributed by atoms with Crippen LogP contribution in [0.1, 0.15) is 82.8 Å². The third-order valence-electron chi connectivity index (χ3n) is 7.19. The molecule has 182 valence electrons. The second-order valence-electron chi connectivity index (χ2n) is 9.39. The quantitative estimate of drug-likeness (QED) is 0.510. The number of allylic oxidation sites excluding steroid dienone is 4. The number of rotatable bonds is 5. The number of aliphatic hydroxyl groups is 1. The molecular formula is C28H37N3O3. The van der Waals surface area contributed by atoms with Crippen molar-refractivity contribution in [3.05, 3.63) is 59.5 Å². The van der Waals surface area contributed by atoms with Gasteiger partial charge in [-0.25, -0.2) is 9.78 Å². The van der Waals surface area contributed by atoms with E-state index in [4.69, 9.17) is 9.72 Å². The van der Waals surface area contributed by atoms with Gasteiger partial charge in [-0.1, -0.05) is 49.6 Å². The summed E-state index contributed by atoms with van der Waals surface area (Å²) in [5.74, 6) is 0.687. The van der Waals surface area contributed by atoms with Gasteiger partial charge >= 0.3 is 6.09 Å². The highest BCUT2D eigenvalue weighted by atomic mass is 16.5. The largest absolute Gasteiger partial charge is 0.452 e. The van der Waals surface area contributed by atoms with Crippen LogP contribution in [-0.2, 0) is 11.2 Å². The summed E-state index contributed by atoms with van der Waals surface area (Å²) in [4.78, 5) is 19.4. The minimum absolute atomic E-state index is 0.0629. The van der Waals surface area contributed by atoms with Crippen molar-refractivity contribution in [1.29, 1.82) is 0 Å². The van der Waals surface area contributed by atoms with Crippen molar-refractivity contribution in [2.45, 2.75) is 83.9 Å². The number of ether oxygens (including phenoxy) is 1. The van der Waals surface area contributed by atoms with Crippen LogP contribution in [0.15, 0.2) is 48.1 Å². The minimum Gasteiger partial charge on any atom is -0.452 e. The van der Waals surface area contributed by atoms with Crippen molar-refractivity contribution in [1.82, 2.24) is 9.55 Å². The molecule has 1 amide bonds. The number of hydrogen-bond donors (Lipinski definition) is 1. The van der Waals surface area contributed by atoms with Crippen molar-refractivity contribution in [3.63, 3.8) is 0 Å². The summed E-state index contributed by atoms with van der Waals surface area (Å²) in [6, 6.07) is 4.48. The summed E-state index contributed by atoms with van der Waals surface area (Å²) in [5, 5.41) is 11.6. The summed E-state index contributed by atoms with van der Waals surface area (Å²) >= 11 is 0. The van der Waals surface area contributed by atoms with E-state index in [1.54, 1.807) is 4.90 Å². The summed E-state index contributed by atoms with van der Waals surface area (Å²) in [7, 11) is 1.42. The van der Waals surface area contributed by atoms with E-state index in [2.05, 4.69) is 17.6 Å². The highest BCUT2D eigenvalue weighted by molar-refractivity contribution is 5.95. The number of aromatic nitrogens is 2. The number of carbonyl (C=O) groups excluding carboxylic acids is 1. The Kier molecular flexibility index (Phi) is 7.57. The molecule has 2 heterocycles. The fourth-order valence-corrected chi connectivity index (χ4v) is 5.50. The van der Waals surface area contributed by atoms with Gasteiger partial charge in [0.1, 0.15) is 11.9 Å². The molecule has 0 radical (unpaired) electrons. The van der Waals surface area contributed by atoms with Gasteiger partial charge in [-0.05, 0) is 64.2 Å². The van der Waals surface area contributed by atoms with Crippen LogP contribution in [0.25, 0.3) is 11.0 Å². The van der Waals surface area contributed by atoms with Crippen molar-refractivity contribution in [2.24, 2.45) is 0 Å². The van der Waals surface area contributed by atoms with Gasteiger partial charge in [0, 0.05) is 17.6 Å². The number of methoxy groups -OCH3 is 1. The van der Waals surface area contributed by atoms with E-state index in [1.165, 1.54) is 26.4 Å². The molecule has 1 aliphatic heterocycles. The number of hydrogen-bond acceptors (Lipinski definition) is 4. The molecule has 1 aromatic carbocycles. The molecule has 1 saturated carbocycles. The maximum absolute atomic E-state index is 12.6. The van der Waals surface area contributed by atoms with Crippen molar-refractivity contribution in [2.75, 3.05) is 12.0 Å². The number of nitrogens with zero attached hydrogens (tertiary/aromatic N) is 3. The number of carbonyl (C=O) groups is 1. The van der Waals surface area contributed by atoms with Gasteiger partial charge < -0.3 is 14.4 Å². The molecule has 1 fully saturated rings. The second kappa shape index (κ2) is 10.6. The van der Waals surface area contributed by atoms with Crippen LogP contribution in [-0.4, -0.2) is 33.9 Å². The lowest BCUT2D eigenvalue weighted by atomic mass is 9.93. The third kappa shape index (κ3) is 4.43. The van der Waals surface area contributed by atoms with Crippen LogP contribution in [0.4, 0.5) is 10.5 Å². The average molecular weight is 464 g/mol. The highest BCUT2D eigenvalue weighted by Crippen LogP contribution is 2.41. The summed E-state index contributed by atoms with van der Waals surface area (Å²) in [6.45, 7) is 5.97. The second-order valence-corrected chi connectivity index (χ2v) is 9.39. The zero-order valence-electron chi connectivity index (χ0n) is 20.8. The fraction of sp³-hybridized carbons (Fsp3) is 0.500. The molecule has 2 aliphatic rings. The van der Waals surface area contributed by atoms with E-state index in [-0.39, 0.29) is 12.1 Å². The lowest BCUT2D eigenvalue weighted by Gasteiger charge is -2.34. The van der Waals surface area contributed by atoms with Crippen molar-refractivity contribution in [3.8, 4) is 0 Å². The fourth-order valence-electron chi connectivity index (χ4n) is 5.50. The Morgan fingerprint density at radius 2 is 1.94 bits per heavy atom. The number of benzene rings is 1. The molecule has 6 heteroatoms. The third-order valence-corrected chi connectivity index (χ3v) is 7.19. The first kappa shape index (κ1) is 24.3. The van der Waals surface area contributed by atoms with Crippen molar-refractivity contribution >= 4 is 22.8 Å². The molecule has 0 saturated heterocycles. The Balaban J connectivity index is 1.92. The average Bonchev–Trinajstić information content (AvgIpc) is 3.26. The van der Waals surface area contributed by atoms with Crippen LogP contribution in [0.2, 0.25) is 0 Å². The maximum atomic E-state index is 12.6. The highest BCUT2D eigenvalue weighted by Gasteiger charge is 2.33. The Bertz CT molecular complexity index is 1120. The Labute approximate surface area is 202 Å². The molecule has 34 heavy (non-hydrogen) atoms. The number of aryl methyl sites for hydroxylation is 1. The van der Waals surface area contributed by atoms with Gasteiger partial charge in [-0.2, -0.15) is 0 Å². The van der Waals surface area contributed by atoms with E-state index in [1.807, 2.05) is 50.3 Å². The minimum atomic E-state index is -0.836. The maximum Gasteiger partial charge on any atom is 0.414 e. The molecular weight excluding hydrogens is 426 g/mol. The van der Waals surface area contributed by atoms with E-state index in [9.17, 15) is 9.90 Å². The van der Waals surface area contributed by atoms with Crippen LogP contribution < -0.4 is 4.90 Å². The van der Waals surface area contributed by atoms with Crippen LogP contribution >= 0.6 is 0 Å². The van der Waals surface area contributed by atoms with Gasteiger partial charge in [0.05, 0.1) is 23.8 Å². The van der Waals surface area contributed by atoms with E-state index < -0.39 is 6.10 Å². The smallest absolute Gasteiger partial charge is 0.414 e. The zero-order chi connectivity index (χ0) is 24.2. The number of imidazole rings is 1. The molecule has 0 bridgehead atoms. The molecule has 2 atom stereocenters. The number of amides is 1. The van der Waals surface area contributed by atoms with Gasteiger partial charge in [-0.15, -0.1) is 0 Å². The Morgan fingerprint density at radius 1 is 1.18 bits per heavy atom. The molecule has 4 rings (SSSR count). The normalized spacial score (nSPS) is 20.9. The summed E-state index contributed by atoms with van der Waals surface area (Å²) < 4.78 is 7.37. The molecule has 2 unspecified atom stereocenters. The van der Waals surface area contributed by atoms with Crippen LogP contribution in [0.3, 0.4) is 0 Å². The predicted octanol–water partition coefficient (Wildman–Crippen LogP) is 6.56. The Morgan fingerprint density at radius 3 is 2.62 bits per heavy atom. The first-order valence-corrected chi connectivity index (χ1v) is 12.6.